The maximum atomic E-state index is 12.8. The van der Waals surface area contributed by atoms with E-state index in [4.69, 9.17) is 9.84 Å². The SMILES string of the molecule is CN(CCO)C(=O)c1ccc2c(c1)N(c1ncc(-c3cnccn3)cn1)CC21COC1. The summed E-state index contributed by atoms with van der Waals surface area (Å²) in [6.45, 7) is 2.16. The van der Waals surface area contributed by atoms with Crippen molar-refractivity contribution in [3.8, 4) is 11.3 Å². The summed E-state index contributed by atoms with van der Waals surface area (Å²) >= 11 is 0. The average molecular weight is 418 g/mol. The highest BCUT2D eigenvalue weighted by atomic mass is 16.5. The molecular formula is C22H22N6O3. The largest absolute Gasteiger partial charge is 0.395 e. The van der Waals surface area contributed by atoms with Gasteiger partial charge in [0.05, 0.1) is 37.1 Å². The summed E-state index contributed by atoms with van der Waals surface area (Å²) in [5.41, 5.74) is 4.00. The molecule has 158 valence electrons. The molecule has 0 radical (unpaired) electrons. The molecule has 2 aliphatic rings. The predicted molar refractivity (Wildman–Crippen MR) is 113 cm³/mol. The van der Waals surface area contributed by atoms with E-state index < -0.39 is 0 Å². The first-order valence-electron chi connectivity index (χ1n) is 10.1. The molecule has 31 heavy (non-hydrogen) atoms. The molecule has 0 saturated carbocycles. The molecular weight excluding hydrogens is 396 g/mol. The lowest BCUT2D eigenvalue weighted by molar-refractivity contribution is -0.0507. The Morgan fingerprint density at radius 2 is 2.00 bits per heavy atom. The van der Waals surface area contributed by atoms with Crippen LogP contribution in [0.1, 0.15) is 15.9 Å². The summed E-state index contributed by atoms with van der Waals surface area (Å²) < 4.78 is 5.54. The zero-order valence-electron chi connectivity index (χ0n) is 17.1. The van der Waals surface area contributed by atoms with Crippen molar-refractivity contribution in [2.75, 3.05) is 44.9 Å². The Balaban J connectivity index is 1.50. The van der Waals surface area contributed by atoms with E-state index in [1.165, 1.54) is 4.90 Å². The number of benzene rings is 1. The van der Waals surface area contributed by atoms with Gasteiger partial charge in [0.15, 0.2) is 0 Å². The number of anilines is 2. The fraction of sp³-hybridized carbons (Fsp3) is 0.318. The van der Waals surface area contributed by atoms with Crippen molar-refractivity contribution >= 4 is 17.5 Å². The van der Waals surface area contributed by atoms with Crippen molar-refractivity contribution in [2.45, 2.75) is 5.41 Å². The van der Waals surface area contributed by atoms with Crippen molar-refractivity contribution in [2.24, 2.45) is 0 Å². The Labute approximate surface area is 179 Å². The van der Waals surface area contributed by atoms with Crippen molar-refractivity contribution in [1.29, 1.82) is 0 Å². The Morgan fingerprint density at radius 3 is 2.65 bits per heavy atom. The Morgan fingerprint density at radius 1 is 1.19 bits per heavy atom. The number of carbonyl (C=O) groups is 1. The molecule has 1 saturated heterocycles. The van der Waals surface area contributed by atoms with Crippen LogP contribution in [0.3, 0.4) is 0 Å². The lowest BCUT2D eigenvalue weighted by Crippen LogP contribution is -2.49. The second-order valence-corrected chi connectivity index (χ2v) is 7.90. The highest BCUT2D eigenvalue weighted by molar-refractivity contribution is 5.96. The summed E-state index contributed by atoms with van der Waals surface area (Å²) in [5, 5.41) is 9.15. The van der Waals surface area contributed by atoms with Gasteiger partial charge in [0.25, 0.3) is 5.91 Å². The Hall–Kier alpha value is -3.43. The van der Waals surface area contributed by atoms with E-state index >= 15 is 0 Å². The highest BCUT2D eigenvalue weighted by Gasteiger charge is 2.49. The number of carbonyl (C=O) groups excluding carboxylic acids is 1. The van der Waals surface area contributed by atoms with Gasteiger partial charge in [0.2, 0.25) is 5.95 Å². The number of aromatic nitrogens is 4. The number of hydrogen-bond donors (Lipinski definition) is 1. The molecule has 0 bridgehead atoms. The van der Waals surface area contributed by atoms with Gasteiger partial charge in [-0.1, -0.05) is 6.07 Å². The number of hydrogen-bond acceptors (Lipinski definition) is 8. The zero-order valence-corrected chi connectivity index (χ0v) is 17.1. The summed E-state index contributed by atoms with van der Waals surface area (Å²) in [5.74, 6) is 0.424. The molecule has 0 aliphatic carbocycles. The molecule has 1 spiro atoms. The topological polar surface area (TPSA) is 105 Å². The number of aliphatic hydroxyl groups excluding tert-OH is 1. The van der Waals surface area contributed by atoms with E-state index in [1.54, 1.807) is 38.0 Å². The van der Waals surface area contributed by atoms with Crippen LogP contribution in [-0.4, -0.2) is 75.8 Å². The maximum absolute atomic E-state index is 12.8. The summed E-state index contributed by atoms with van der Waals surface area (Å²) in [6.07, 6.45) is 8.39. The maximum Gasteiger partial charge on any atom is 0.253 e. The molecule has 9 heteroatoms. The van der Waals surface area contributed by atoms with Gasteiger partial charge in [-0.3, -0.25) is 14.8 Å². The third-order valence-electron chi connectivity index (χ3n) is 5.84. The van der Waals surface area contributed by atoms with Crippen molar-refractivity contribution < 1.29 is 14.6 Å². The normalized spacial score (nSPS) is 16.1. The first-order valence-corrected chi connectivity index (χ1v) is 10.1. The second kappa shape index (κ2) is 7.68. The van der Waals surface area contributed by atoms with Crippen molar-refractivity contribution in [3.05, 3.63) is 60.3 Å². The van der Waals surface area contributed by atoms with E-state index in [-0.39, 0.29) is 24.5 Å². The monoisotopic (exact) mass is 418 g/mol. The van der Waals surface area contributed by atoms with Gasteiger partial charge in [-0.2, -0.15) is 0 Å². The van der Waals surface area contributed by atoms with Gasteiger partial charge < -0.3 is 19.6 Å². The molecule has 9 nitrogen and oxygen atoms in total. The standard InChI is InChI=1S/C22H22N6O3/c1-27(6-7-29)20(30)15-2-3-17-19(8-15)28(12-22(17)13-31-14-22)21-25-9-16(10-26-21)18-11-23-4-5-24-18/h2-5,8-11,29H,6-7,12-14H2,1H3. The van der Waals surface area contributed by atoms with E-state index in [1.807, 2.05) is 23.1 Å². The van der Waals surface area contributed by atoms with E-state index in [2.05, 4.69) is 19.9 Å². The smallest absolute Gasteiger partial charge is 0.253 e. The summed E-state index contributed by atoms with van der Waals surface area (Å²) in [6, 6.07) is 5.74. The van der Waals surface area contributed by atoms with Gasteiger partial charge in [-0.15, -0.1) is 0 Å². The molecule has 1 amide bonds. The first kappa shape index (κ1) is 19.5. The fourth-order valence-electron chi connectivity index (χ4n) is 4.10. The highest BCUT2D eigenvalue weighted by Crippen LogP contribution is 2.47. The van der Waals surface area contributed by atoms with Gasteiger partial charge in [0.1, 0.15) is 0 Å². The average Bonchev–Trinajstić information content (AvgIpc) is 3.15. The van der Waals surface area contributed by atoms with Crippen LogP contribution in [0.25, 0.3) is 11.3 Å². The van der Waals surface area contributed by atoms with Crippen LogP contribution in [0, 0.1) is 0 Å². The number of ether oxygens (including phenoxy) is 1. The minimum Gasteiger partial charge on any atom is -0.395 e. The molecule has 3 aromatic rings. The van der Waals surface area contributed by atoms with E-state index in [9.17, 15) is 4.79 Å². The number of fused-ring (bicyclic) bond motifs is 2. The van der Waals surface area contributed by atoms with Gasteiger partial charge in [-0.05, 0) is 17.7 Å². The lowest BCUT2D eigenvalue weighted by Gasteiger charge is -2.38. The third kappa shape index (κ3) is 3.31. The second-order valence-electron chi connectivity index (χ2n) is 7.90. The quantitative estimate of drug-likeness (QED) is 0.663. The Bertz CT molecular complexity index is 1100. The summed E-state index contributed by atoms with van der Waals surface area (Å²) in [7, 11) is 1.68. The van der Waals surface area contributed by atoms with Crippen molar-refractivity contribution in [3.63, 3.8) is 0 Å². The number of rotatable bonds is 5. The molecule has 1 N–H and O–H groups in total. The number of nitrogens with zero attached hydrogens (tertiary/aromatic N) is 6. The first-order chi connectivity index (χ1) is 15.1. The number of aliphatic hydroxyl groups is 1. The van der Waals surface area contributed by atoms with Crippen LogP contribution in [0.2, 0.25) is 0 Å². The minimum absolute atomic E-state index is 0.0776. The Kier molecular flexibility index (Phi) is 4.84. The molecule has 2 aromatic heterocycles. The van der Waals surface area contributed by atoms with Gasteiger partial charge in [-0.25, -0.2) is 9.97 Å². The zero-order chi connectivity index (χ0) is 21.4. The molecule has 0 atom stereocenters. The molecule has 1 aromatic carbocycles. The molecule has 0 unspecified atom stereocenters. The van der Waals surface area contributed by atoms with E-state index in [0.717, 1.165) is 16.8 Å². The van der Waals surface area contributed by atoms with E-state index in [0.29, 0.717) is 37.0 Å². The fourth-order valence-corrected chi connectivity index (χ4v) is 4.10. The van der Waals surface area contributed by atoms with Gasteiger partial charge in [0, 0.05) is 61.7 Å². The molecule has 5 rings (SSSR count). The van der Waals surface area contributed by atoms with Crippen molar-refractivity contribution in [1.82, 2.24) is 24.8 Å². The lowest BCUT2D eigenvalue weighted by atomic mass is 9.80. The molecule has 2 aliphatic heterocycles. The van der Waals surface area contributed by atoms with Crippen LogP contribution in [0.4, 0.5) is 11.6 Å². The van der Waals surface area contributed by atoms with Gasteiger partial charge >= 0.3 is 0 Å². The third-order valence-corrected chi connectivity index (χ3v) is 5.84. The number of likely N-dealkylation sites (N-methyl/N-ethyl adjacent to an activating group) is 1. The van der Waals surface area contributed by atoms with Crippen LogP contribution < -0.4 is 4.90 Å². The van der Waals surface area contributed by atoms with Crippen LogP contribution >= 0.6 is 0 Å². The minimum atomic E-state index is -0.137. The predicted octanol–water partition coefficient (Wildman–Crippen LogP) is 1.42. The molecule has 1 fully saturated rings. The summed E-state index contributed by atoms with van der Waals surface area (Å²) in [4.78, 5) is 33.8. The van der Waals surface area contributed by atoms with Crippen LogP contribution in [-0.2, 0) is 10.2 Å². The van der Waals surface area contributed by atoms with Crippen LogP contribution in [0.15, 0.2) is 49.2 Å². The molecule has 4 heterocycles. The number of amides is 1. The van der Waals surface area contributed by atoms with Crippen LogP contribution in [0.5, 0.6) is 0 Å².